The first-order chi connectivity index (χ1) is 17.2. The molecular weight excluding hydrogens is 474 g/mol. The number of thioether (sulfide) groups is 1. The Kier molecular flexibility index (Phi) is 6.92. The fourth-order valence-corrected chi connectivity index (χ4v) is 5.24. The maximum absolute atomic E-state index is 12.3. The van der Waals surface area contributed by atoms with E-state index in [1.807, 2.05) is 96.4 Å². The number of carbonyl (C=O) groups excluding carboxylic acids is 1. The second kappa shape index (κ2) is 10.6. The summed E-state index contributed by atoms with van der Waals surface area (Å²) in [4.78, 5) is 23.5. The summed E-state index contributed by atoms with van der Waals surface area (Å²) in [7, 11) is 0. The molecule has 5 rings (SSSR count). The summed E-state index contributed by atoms with van der Waals surface area (Å²) in [5, 5.41) is 12.1. The summed E-state index contributed by atoms with van der Waals surface area (Å²) in [6, 6.07) is 29.5. The highest BCUT2D eigenvalue weighted by Crippen LogP contribution is 2.32. The monoisotopic (exact) mass is 495 g/mol. The van der Waals surface area contributed by atoms with E-state index in [4.69, 9.17) is 9.97 Å². The van der Waals surface area contributed by atoms with Crippen LogP contribution in [0.5, 0.6) is 0 Å². The van der Waals surface area contributed by atoms with E-state index in [0.717, 1.165) is 33.9 Å². The lowest BCUT2D eigenvalue weighted by Gasteiger charge is -2.17. The molecule has 0 radical (unpaired) electrons. The summed E-state index contributed by atoms with van der Waals surface area (Å²) < 4.78 is 0. The number of rotatable bonds is 7. The molecule has 0 saturated heterocycles. The normalized spacial score (nSPS) is 10.8. The average molecular weight is 496 g/mol. The molecule has 0 atom stereocenters. The van der Waals surface area contributed by atoms with Gasteiger partial charge in [0.1, 0.15) is 11.4 Å². The largest absolute Gasteiger partial charge is 0.274 e. The van der Waals surface area contributed by atoms with E-state index in [1.165, 1.54) is 23.1 Å². The first kappa shape index (κ1) is 22.9. The van der Waals surface area contributed by atoms with Crippen LogP contribution in [0, 0.1) is 0 Å². The van der Waals surface area contributed by atoms with Crippen LogP contribution in [-0.4, -0.2) is 26.1 Å². The maximum Gasteiger partial charge on any atom is 0.230 e. The minimum atomic E-state index is -0.0821. The molecule has 0 fully saturated rings. The van der Waals surface area contributed by atoms with Crippen LogP contribution in [0.2, 0.25) is 0 Å². The van der Waals surface area contributed by atoms with E-state index in [2.05, 4.69) is 10.2 Å². The second-order valence-electron chi connectivity index (χ2n) is 7.62. The van der Waals surface area contributed by atoms with Crippen molar-refractivity contribution < 1.29 is 4.79 Å². The highest BCUT2D eigenvalue weighted by Gasteiger charge is 2.18. The average Bonchev–Trinajstić information content (AvgIpc) is 3.37. The minimum absolute atomic E-state index is 0.0821. The topological polar surface area (TPSA) is 71.9 Å². The molecule has 0 saturated carbocycles. The third-order valence-electron chi connectivity index (χ3n) is 5.17. The maximum atomic E-state index is 12.3. The Morgan fingerprint density at radius 1 is 0.800 bits per heavy atom. The van der Waals surface area contributed by atoms with Gasteiger partial charge in [-0.15, -0.1) is 21.5 Å². The van der Waals surface area contributed by atoms with Gasteiger partial charge in [-0.25, -0.2) is 9.97 Å². The molecule has 6 nitrogen and oxygen atoms in total. The Labute approximate surface area is 211 Å². The van der Waals surface area contributed by atoms with Crippen molar-refractivity contribution >= 4 is 39.8 Å². The molecule has 172 valence electrons. The number of hydrogen-bond donors (Lipinski definition) is 0. The quantitative estimate of drug-likeness (QED) is 0.236. The number of anilines is 2. The van der Waals surface area contributed by atoms with E-state index in [9.17, 15) is 4.79 Å². The van der Waals surface area contributed by atoms with Crippen LogP contribution in [0.25, 0.3) is 22.5 Å². The molecule has 2 aromatic heterocycles. The van der Waals surface area contributed by atoms with Crippen molar-refractivity contribution in [3.63, 3.8) is 0 Å². The van der Waals surface area contributed by atoms with Gasteiger partial charge in [0.2, 0.25) is 11.1 Å². The molecule has 3 aromatic carbocycles. The first-order valence-electron chi connectivity index (χ1n) is 11.0. The molecule has 5 aromatic rings. The highest BCUT2D eigenvalue weighted by atomic mass is 32.2. The van der Waals surface area contributed by atoms with E-state index in [-0.39, 0.29) is 5.91 Å². The molecule has 2 heterocycles. The van der Waals surface area contributed by atoms with E-state index >= 15 is 0 Å². The number of benzene rings is 3. The number of thiazole rings is 1. The van der Waals surface area contributed by atoms with Crippen molar-refractivity contribution in [2.75, 3.05) is 4.90 Å². The second-order valence-corrected chi connectivity index (χ2v) is 9.40. The minimum Gasteiger partial charge on any atom is -0.274 e. The molecule has 35 heavy (non-hydrogen) atoms. The van der Waals surface area contributed by atoms with Crippen LogP contribution in [0.4, 0.5) is 10.8 Å². The molecule has 0 unspecified atom stereocenters. The third kappa shape index (κ3) is 5.29. The Hall–Kier alpha value is -3.88. The molecule has 0 aliphatic heterocycles. The van der Waals surface area contributed by atoms with Gasteiger partial charge < -0.3 is 0 Å². The van der Waals surface area contributed by atoms with Gasteiger partial charge in [-0.05, 0) is 12.1 Å². The molecule has 1 amide bonds. The van der Waals surface area contributed by atoms with Gasteiger partial charge in [0.15, 0.2) is 5.13 Å². The zero-order valence-corrected chi connectivity index (χ0v) is 20.5. The fourth-order valence-electron chi connectivity index (χ4n) is 3.57. The third-order valence-corrected chi connectivity index (χ3v) is 6.92. The lowest BCUT2D eigenvalue weighted by Crippen LogP contribution is -2.22. The van der Waals surface area contributed by atoms with Crippen molar-refractivity contribution in [1.29, 1.82) is 0 Å². The van der Waals surface area contributed by atoms with E-state index in [1.54, 1.807) is 11.8 Å². The Balaban J connectivity index is 1.39. The van der Waals surface area contributed by atoms with Crippen LogP contribution < -0.4 is 4.90 Å². The van der Waals surface area contributed by atoms with Crippen molar-refractivity contribution in [2.45, 2.75) is 17.8 Å². The van der Waals surface area contributed by atoms with E-state index < -0.39 is 0 Å². The lowest BCUT2D eigenvalue weighted by molar-refractivity contribution is -0.115. The van der Waals surface area contributed by atoms with Crippen molar-refractivity contribution in [3.05, 3.63) is 102 Å². The van der Waals surface area contributed by atoms with Gasteiger partial charge in [-0.3, -0.25) is 9.69 Å². The van der Waals surface area contributed by atoms with Crippen molar-refractivity contribution in [2.24, 2.45) is 0 Å². The van der Waals surface area contributed by atoms with Gasteiger partial charge in [0.25, 0.3) is 0 Å². The number of amides is 1. The molecule has 0 N–H and O–H groups in total. The van der Waals surface area contributed by atoms with Crippen molar-refractivity contribution in [3.8, 4) is 22.5 Å². The van der Waals surface area contributed by atoms with E-state index in [0.29, 0.717) is 16.0 Å². The number of para-hydroxylation sites is 1. The standard InChI is InChI=1S/C27H21N5OS2/c1-19(33)32(23-15-9-4-10-16-23)27-28-22(18-35-27)17-34-26-29-24(20-11-5-2-6-12-20)25(30-31-26)21-13-7-3-8-14-21/h2-16,18H,17H2,1H3. The highest BCUT2D eigenvalue weighted by molar-refractivity contribution is 7.98. The summed E-state index contributed by atoms with van der Waals surface area (Å²) in [6.07, 6.45) is 0. The molecule has 8 heteroatoms. The predicted octanol–water partition coefficient (Wildman–Crippen LogP) is 6.64. The van der Waals surface area contributed by atoms with Gasteiger partial charge in [-0.2, -0.15) is 0 Å². The molecule has 0 aliphatic rings. The first-order valence-corrected chi connectivity index (χ1v) is 12.8. The van der Waals surface area contributed by atoms with Crippen LogP contribution in [0.3, 0.4) is 0 Å². The molecule has 0 spiro atoms. The van der Waals surface area contributed by atoms with Crippen LogP contribution in [-0.2, 0) is 10.5 Å². The molecule has 0 bridgehead atoms. The molecular formula is C27H21N5OS2. The lowest BCUT2D eigenvalue weighted by atomic mass is 10.0. The number of hydrogen-bond acceptors (Lipinski definition) is 7. The van der Waals surface area contributed by atoms with Gasteiger partial charge in [-0.1, -0.05) is 90.6 Å². The number of carbonyl (C=O) groups is 1. The van der Waals surface area contributed by atoms with Crippen molar-refractivity contribution in [1.82, 2.24) is 20.2 Å². The number of nitrogens with zero attached hydrogens (tertiary/aromatic N) is 5. The van der Waals surface area contributed by atoms with Crippen LogP contribution >= 0.6 is 23.1 Å². The summed E-state index contributed by atoms with van der Waals surface area (Å²) in [6.45, 7) is 1.54. The van der Waals surface area contributed by atoms with Crippen LogP contribution in [0.15, 0.2) is 102 Å². The number of aromatic nitrogens is 4. The molecule has 0 aliphatic carbocycles. The van der Waals surface area contributed by atoms with Crippen LogP contribution in [0.1, 0.15) is 12.6 Å². The SMILES string of the molecule is CC(=O)N(c1ccccc1)c1nc(CSc2nnc(-c3ccccc3)c(-c3ccccc3)n2)cs1. The Morgan fingerprint density at radius 3 is 2.03 bits per heavy atom. The summed E-state index contributed by atoms with van der Waals surface area (Å²) in [5.74, 6) is 0.485. The van der Waals surface area contributed by atoms with Gasteiger partial charge >= 0.3 is 0 Å². The fraction of sp³-hybridized carbons (Fsp3) is 0.0741. The Bertz CT molecular complexity index is 1430. The zero-order chi connectivity index (χ0) is 24.0. The van der Waals surface area contributed by atoms with Gasteiger partial charge in [0.05, 0.1) is 11.4 Å². The Morgan fingerprint density at radius 2 is 1.40 bits per heavy atom. The summed E-state index contributed by atoms with van der Waals surface area (Å²) in [5.41, 5.74) is 5.15. The predicted molar refractivity (Wildman–Crippen MR) is 142 cm³/mol. The summed E-state index contributed by atoms with van der Waals surface area (Å²) >= 11 is 2.91. The zero-order valence-electron chi connectivity index (χ0n) is 18.9. The van der Waals surface area contributed by atoms with Gasteiger partial charge in [0, 0.05) is 29.2 Å². The smallest absolute Gasteiger partial charge is 0.230 e.